The number of unbranched alkanes of at least 4 members (excludes halogenated alkanes) is 6. The van der Waals surface area contributed by atoms with Gasteiger partial charge in [-0.2, -0.15) is 0 Å². The van der Waals surface area contributed by atoms with E-state index < -0.39 is 5.97 Å². The van der Waals surface area contributed by atoms with E-state index in [4.69, 9.17) is 9.47 Å². The Balaban J connectivity index is 0. The van der Waals surface area contributed by atoms with Crippen molar-refractivity contribution in [2.75, 3.05) is 13.2 Å². The van der Waals surface area contributed by atoms with Gasteiger partial charge in [-0.1, -0.05) is 58.8 Å². The van der Waals surface area contributed by atoms with Gasteiger partial charge in [-0.3, -0.25) is 16.0 Å². The molecule has 0 unspecified atom stereocenters. The Morgan fingerprint density at radius 3 is 1.86 bits per heavy atom. The molecule has 4 nitrogen and oxygen atoms in total. The molecule has 0 aliphatic rings. The fourth-order valence-electron chi connectivity index (χ4n) is 1.70. The maximum atomic E-state index is 11.3. The molecule has 0 aromatic carbocycles. The largest absolute Gasteiger partial charge is 1.00 e. The first-order valence-electron chi connectivity index (χ1n) is 7.86. The van der Waals surface area contributed by atoms with E-state index in [1.807, 2.05) is 0 Å². The number of rotatable bonds is 13. The molecule has 0 N–H and O–H groups in total. The summed E-state index contributed by atoms with van der Waals surface area (Å²) in [6.45, 7) is 5.14. The molecule has 0 saturated carbocycles. The number of hydrogen-bond donors (Lipinski definition) is 0. The van der Waals surface area contributed by atoms with Gasteiger partial charge in [0, 0.05) is 0 Å². The molecular formula is C16H29NaO4. The van der Waals surface area contributed by atoms with E-state index in [0.717, 1.165) is 51.4 Å². The quantitative estimate of drug-likeness (QED) is 0.219. The van der Waals surface area contributed by atoms with Crippen molar-refractivity contribution in [3.63, 3.8) is 0 Å². The number of carbonyl (C=O) groups is 2. The Morgan fingerprint density at radius 2 is 1.33 bits per heavy atom. The van der Waals surface area contributed by atoms with Crippen molar-refractivity contribution in [2.24, 2.45) is 0 Å². The summed E-state index contributed by atoms with van der Waals surface area (Å²) in [5.41, 5.74) is 0. The first kappa shape index (κ1) is 23.1. The van der Waals surface area contributed by atoms with Crippen LogP contribution in [0, 0.1) is 6.42 Å². The molecule has 0 rings (SSSR count). The zero-order valence-electron chi connectivity index (χ0n) is 14.0. The molecule has 0 radical (unpaired) electrons. The van der Waals surface area contributed by atoms with Gasteiger partial charge < -0.3 is 9.47 Å². The Labute approximate surface area is 151 Å². The third-order valence-corrected chi connectivity index (χ3v) is 2.94. The van der Waals surface area contributed by atoms with Gasteiger partial charge in [0.25, 0.3) is 5.97 Å². The van der Waals surface area contributed by atoms with Crippen molar-refractivity contribution in [3.8, 4) is 0 Å². The Hall–Kier alpha value is -0.190. The standard InChI is InChI=1S/C16H29O4.Na/c1-3-5-7-9-13-19-15(17)11-12-16(18)20-14-10-8-6-4-2;/h11H,3-10,12-14H2,1-2H3;/q-1;+1. The van der Waals surface area contributed by atoms with Crippen LogP contribution in [0.15, 0.2) is 0 Å². The normalized spacial score (nSPS) is 9.62. The second-order valence-corrected chi connectivity index (χ2v) is 4.92. The minimum Gasteiger partial charge on any atom is -0.488 e. The van der Waals surface area contributed by atoms with Crippen LogP contribution in [0.2, 0.25) is 0 Å². The second kappa shape index (κ2) is 17.9. The predicted octanol–water partition coefficient (Wildman–Crippen LogP) is 0.832. The third-order valence-electron chi connectivity index (χ3n) is 2.94. The molecule has 0 spiro atoms. The van der Waals surface area contributed by atoms with Crippen LogP contribution in [0.1, 0.15) is 71.6 Å². The van der Waals surface area contributed by atoms with Gasteiger partial charge in [-0.05, 0) is 12.8 Å². The molecule has 0 saturated heterocycles. The number of carbonyl (C=O) groups excluding carboxylic acids is 2. The van der Waals surface area contributed by atoms with Gasteiger partial charge in [-0.25, -0.2) is 0 Å². The average molecular weight is 308 g/mol. The molecule has 0 bridgehead atoms. The Bertz CT molecular complexity index is 231. The number of hydrogen-bond acceptors (Lipinski definition) is 4. The minimum atomic E-state index is -0.426. The molecule has 118 valence electrons. The summed E-state index contributed by atoms with van der Waals surface area (Å²) < 4.78 is 10.0. The molecule has 0 atom stereocenters. The van der Waals surface area contributed by atoms with Crippen molar-refractivity contribution in [3.05, 3.63) is 6.42 Å². The first-order valence-corrected chi connectivity index (χ1v) is 7.86. The number of ether oxygens (including phenoxy) is 2. The molecule has 0 heterocycles. The summed E-state index contributed by atoms with van der Waals surface area (Å²) in [6, 6.07) is 0. The van der Waals surface area contributed by atoms with Gasteiger partial charge in [0.1, 0.15) is 0 Å². The van der Waals surface area contributed by atoms with Crippen LogP contribution in [0.4, 0.5) is 0 Å². The maximum absolute atomic E-state index is 11.3. The molecule has 0 aliphatic carbocycles. The second-order valence-electron chi connectivity index (χ2n) is 4.92. The molecule has 0 aromatic rings. The van der Waals surface area contributed by atoms with E-state index in [1.165, 1.54) is 6.42 Å². The summed E-state index contributed by atoms with van der Waals surface area (Å²) in [5.74, 6) is -0.783. The first-order chi connectivity index (χ1) is 9.70. The molecule has 5 heteroatoms. The van der Waals surface area contributed by atoms with Crippen molar-refractivity contribution >= 4 is 11.9 Å². The molecule has 0 aliphatic heterocycles. The smallest absolute Gasteiger partial charge is 0.488 e. The van der Waals surface area contributed by atoms with Gasteiger partial charge in [0.2, 0.25) is 0 Å². The SMILES string of the molecule is CCCCCCOC(=O)[CH-]CC(=O)OCCCCCC.[Na+]. The van der Waals surface area contributed by atoms with Crippen molar-refractivity contribution < 1.29 is 48.6 Å². The topological polar surface area (TPSA) is 52.6 Å². The monoisotopic (exact) mass is 308 g/mol. The van der Waals surface area contributed by atoms with Crippen LogP contribution in [0.5, 0.6) is 0 Å². The van der Waals surface area contributed by atoms with Crippen LogP contribution in [-0.2, 0) is 19.1 Å². The summed E-state index contributed by atoms with van der Waals surface area (Å²) in [4.78, 5) is 22.6. The van der Waals surface area contributed by atoms with Gasteiger partial charge in [0.15, 0.2) is 5.97 Å². The van der Waals surface area contributed by atoms with Crippen molar-refractivity contribution in [1.82, 2.24) is 0 Å². The van der Waals surface area contributed by atoms with E-state index in [0.29, 0.717) is 13.2 Å². The van der Waals surface area contributed by atoms with E-state index in [2.05, 4.69) is 13.8 Å². The summed E-state index contributed by atoms with van der Waals surface area (Å²) >= 11 is 0. The predicted molar refractivity (Wildman–Crippen MR) is 79.1 cm³/mol. The zero-order chi connectivity index (χ0) is 15.1. The van der Waals surface area contributed by atoms with Crippen molar-refractivity contribution in [2.45, 2.75) is 71.6 Å². The average Bonchev–Trinajstić information content (AvgIpc) is 2.44. The van der Waals surface area contributed by atoms with Crippen LogP contribution in [0.3, 0.4) is 0 Å². The molecule has 0 amide bonds. The summed E-state index contributed by atoms with van der Waals surface area (Å²) in [7, 11) is 0. The van der Waals surface area contributed by atoms with Gasteiger partial charge in [-0.15, -0.1) is 0 Å². The molecule has 0 fully saturated rings. The van der Waals surface area contributed by atoms with E-state index in [1.54, 1.807) is 0 Å². The van der Waals surface area contributed by atoms with Gasteiger partial charge >= 0.3 is 29.6 Å². The molecular weight excluding hydrogens is 279 g/mol. The minimum absolute atomic E-state index is 0. The fourth-order valence-corrected chi connectivity index (χ4v) is 1.70. The van der Waals surface area contributed by atoms with Crippen LogP contribution < -0.4 is 29.6 Å². The van der Waals surface area contributed by atoms with Crippen LogP contribution in [-0.4, -0.2) is 25.2 Å². The molecule has 0 aromatic heterocycles. The maximum Gasteiger partial charge on any atom is 1.00 e. The summed E-state index contributed by atoms with van der Waals surface area (Å²) in [5, 5.41) is 0. The third kappa shape index (κ3) is 17.8. The fraction of sp³-hybridized carbons (Fsp3) is 0.812. The zero-order valence-corrected chi connectivity index (χ0v) is 16.0. The van der Waals surface area contributed by atoms with Crippen LogP contribution in [0.25, 0.3) is 0 Å². The summed E-state index contributed by atoms with van der Waals surface area (Å²) in [6.07, 6.45) is 9.82. The van der Waals surface area contributed by atoms with E-state index >= 15 is 0 Å². The van der Waals surface area contributed by atoms with Crippen LogP contribution >= 0.6 is 0 Å². The Kier molecular flexibility index (Phi) is 19.6. The number of esters is 2. The van der Waals surface area contributed by atoms with Crippen molar-refractivity contribution in [1.29, 1.82) is 0 Å². The van der Waals surface area contributed by atoms with E-state index in [9.17, 15) is 9.59 Å². The molecule has 21 heavy (non-hydrogen) atoms. The van der Waals surface area contributed by atoms with Gasteiger partial charge in [0.05, 0.1) is 13.2 Å². The van der Waals surface area contributed by atoms with E-state index in [-0.39, 0.29) is 41.9 Å². The Morgan fingerprint density at radius 1 is 0.810 bits per heavy atom.